The molecule has 0 aliphatic heterocycles. The molecular weight excluding hydrogens is 355 g/mol. The minimum absolute atomic E-state index is 0.00891. The van der Waals surface area contributed by atoms with Gasteiger partial charge in [-0.05, 0) is 36.4 Å². The van der Waals surface area contributed by atoms with Gasteiger partial charge in [-0.25, -0.2) is 8.42 Å². The topological polar surface area (TPSA) is 70.0 Å². The fraction of sp³-hybridized carbons (Fsp3) is 0. The fourth-order valence-corrected chi connectivity index (χ4v) is 3.70. The second-order valence-corrected chi connectivity index (χ2v) is 6.95. The molecule has 0 aliphatic rings. The minimum atomic E-state index is -3.96. The molecule has 0 atom stereocenters. The highest BCUT2D eigenvalue weighted by atomic mass is 35.5. The molecule has 0 saturated heterocycles. The number of hydrogen-bond acceptors (Lipinski definition) is 3. The van der Waals surface area contributed by atoms with Crippen LogP contribution in [0, 0.1) is 11.3 Å². The van der Waals surface area contributed by atoms with Gasteiger partial charge in [-0.3, -0.25) is 4.72 Å². The van der Waals surface area contributed by atoms with Crippen molar-refractivity contribution in [3.8, 4) is 6.07 Å². The van der Waals surface area contributed by atoms with E-state index >= 15 is 0 Å². The first-order valence-electron chi connectivity index (χ1n) is 5.50. The molecule has 8 heteroatoms. The van der Waals surface area contributed by atoms with Gasteiger partial charge in [-0.2, -0.15) is 5.26 Å². The summed E-state index contributed by atoms with van der Waals surface area (Å²) in [7, 11) is -3.96. The summed E-state index contributed by atoms with van der Waals surface area (Å²) < 4.78 is 27.0. The van der Waals surface area contributed by atoms with E-state index in [1.54, 1.807) is 0 Å². The summed E-state index contributed by atoms with van der Waals surface area (Å²) in [5, 5.41) is 9.42. The van der Waals surface area contributed by atoms with Gasteiger partial charge in [0.1, 0.15) is 4.90 Å². The monoisotopic (exact) mass is 360 g/mol. The van der Waals surface area contributed by atoms with Crippen LogP contribution >= 0.6 is 34.8 Å². The first kappa shape index (κ1) is 15.9. The molecule has 0 aliphatic carbocycles. The molecule has 2 aromatic rings. The van der Waals surface area contributed by atoms with Crippen molar-refractivity contribution in [1.82, 2.24) is 0 Å². The Kier molecular flexibility index (Phi) is 4.64. The molecular formula is C13H7Cl3N2O2S. The van der Waals surface area contributed by atoms with E-state index in [9.17, 15) is 8.42 Å². The van der Waals surface area contributed by atoms with Gasteiger partial charge >= 0.3 is 0 Å². The Balaban J connectivity index is 2.45. The first-order valence-corrected chi connectivity index (χ1v) is 8.12. The Morgan fingerprint density at radius 2 is 1.62 bits per heavy atom. The van der Waals surface area contributed by atoms with Gasteiger partial charge in [0.05, 0.1) is 22.3 Å². The third-order valence-corrected chi connectivity index (χ3v) is 4.76. The molecule has 2 aromatic carbocycles. The van der Waals surface area contributed by atoms with Gasteiger partial charge in [-0.1, -0.05) is 34.8 Å². The number of anilines is 1. The molecule has 2 rings (SSSR count). The van der Waals surface area contributed by atoms with Gasteiger partial charge in [0.15, 0.2) is 0 Å². The summed E-state index contributed by atoms with van der Waals surface area (Å²) in [6, 6.07) is 10.1. The van der Waals surface area contributed by atoms with Crippen LogP contribution in [0.4, 0.5) is 5.69 Å². The van der Waals surface area contributed by atoms with Crippen LogP contribution in [0.25, 0.3) is 0 Å². The van der Waals surface area contributed by atoms with E-state index < -0.39 is 10.0 Å². The Bertz CT molecular complexity index is 825. The summed E-state index contributed by atoms with van der Waals surface area (Å²) in [4.78, 5) is -0.195. The maximum atomic E-state index is 12.3. The van der Waals surface area contributed by atoms with E-state index in [1.807, 2.05) is 6.07 Å². The van der Waals surface area contributed by atoms with Crippen LogP contribution in [0.2, 0.25) is 15.1 Å². The molecule has 108 valence electrons. The van der Waals surface area contributed by atoms with Crippen molar-refractivity contribution in [3.63, 3.8) is 0 Å². The Hall–Kier alpha value is -1.45. The maximum absolute atomic E-state index is 12.3. The second kappa shape index (κ2) is 6.12. The quantitative estimate of drug-likeness (QED) is 0.885. The standard InChI is InChI=1S/C13H7Cl3N2O2S/c14-9-4-10(15)6-11(5-9)18-21(19,20)13-3-8(7-17)1-2-12(13)16/h1-6,18H. The van der Waals surface area contributed by atoms with Gasteiger partial charge in [0.2, 0.25) is 0 Å². The second-order valence-electron chi connectivity index (χ2n) is 4.02. The Labute approximate surface area is 136 Å². The van der Waals surface area contributed by atoms with Gasteiger partial charge in [-0.15, -0.1) is 0 Å². The number of nitriles is 1. The van der Waals surface area contributed by atoms with E-state index in [0.717, 1.165) is 0 Å². The van der Waals surface area contributed by atoms with Crippen LogP contribution in [0.1, 0.15) is 5.56 Å². The molecule has 4 nitrogen and oxygen atoms in total. The van der Waals surface area contributed by atoms with Crippen molar-refractivity contribution < 1.29 is 8.42 Å². The SMILES string of the molecule is N#Cc1ccc(Cl)c(S(=O)(=O)Nc2cc(Cl)cc(Cl)c2)c1. The number of hydrogen-bond donors (Lipinski definition) is 1. The van der Waals surface area contributed by atoms with E-state index in [-0.39, 0.29) is 31.2 Å². The molecule has 21 heavy (non-hydrogen) atoms. The summed E-state index contributed by atoms with van der Waals surface area (Å²) in [6.45, 7) is 0. The molecule has 1 N–H and O–H groups in total. The number of sulfonamides is 1. The lowest BCUT2D eigenvalue weighted by Gasteiger charge is -2.10. The zero-order valence-corrected chi connectivity index (χ0v) is 13.4. The maximum Gasteiger partial charge on any atom is 0.263 e. The predicted molar refractivity (Wildman–Crippen MR) is 83.4 cm³/mol. The zero-order chi connectivity index (χ0) is 15.6. The van der Waals surface area contributed by atoms with Gasteiger partial charge < -0.3 is 0 Å². The number of nitrogens with zero attached hydrogens (tertiary/aromatic N) is 1. The molecule has 0 bridgehead atoms. The third kappa shape index (κ3) is 3.80. The van der Waals surface area contributed by atoms with E-state index in [0.29, 0.717) is 0 Å². The van der Waals surface area contributed by atoms with Crippen molar-refractivity contribution in [1.29, 1.82) is 5.26 Å². The number of nitrogens with one attached hydrogen (secondary N) is 1. The molecule has 0 spiro atoms. The van der Waals surface area contributed by atoms with Crippen molar-refractivity contribution in [3.05, 3.63) is 57.0 Å². The molecule has 0 radical (unpaired) electrons. The van der Waals surface area contributed by atoms with Crippen molar-refractivity contribution in [2.24, 2.45) is 0 Å². The molecule has 0 aromatic heterocycles. The van der Waals surface area contributed by atoms with Crippen molar-refractivity contribution in [2.75, 3.05) is 4.72 Å². The average Bonchev–Trinajstić information content (AvgIpc) is 2.37. The lowest BCUT2D eigenvalue weighted by atomic mass is 10.2. The highest BCUT2D eigenvalue weighted by Crippen LogP contribution is 2.27. The molecule has 0 fully saturated rings. The lowest BCUT2D eigenvalue weighted by molar-refractivity contribution is 0.601. The van der Waals surface area contributed by atoms with Gasteiger partial charge in [0.25, 0.3) is 10.0 Å². The van der Waals surface area contributed by atoms with Crippen LogP contribution in [-0.2, 0) is 10.0 Å². The third-order valence-electron chi connectivity index (χ3n) is 2.46. The van der Waals surface area contributed by atoms with E-state index in [2.05, 4.69) is 4.72 Å². The van der Waals surface area contributed by atoms with Crippen LogP contribution in [0.3, 0.4) is 0 Å². The fourth-order valence-electron chi connectivity index (χ4n) is 1.60. The molecule has 0 amide bonds. The average molecular weight is 362 g/mol. The normalized spacial score (nSPS) is 11.0. The highest BCUT2D eigenvalue weighted by Gasteiger charge is 2.19. The minimum Gasteiger partial charge on any atom is -0.279 e. The Morgan fingerprint density at radius 1 is 1.00 bits per heavy atom. The Morgan fingerprint density at radius 3 is 2.19 bits per heavy atom. The molecule has 0 saturated carbocycles. The largest absolute Gasteiger partial charge is 0.279 e. The summed E-state index contributed by atoms with van der Waals surface area (Å²) >= 11 is 17.5. The van der Waals surface area contributed by atoms with E-state index in [4.69, 9.17) is 40.1 Å². The lowest BCUT2D eigenvalue weighted by Crippen LogP contribution is -2.13. The highest BCUT2D eigenvalue weighted by molar-refractivity contribution is 7.92. The van der Waals surface area contributed by atoms with Crippen molar-refractivity contribution >= 4 is 50.5 Å². The number of rotatable bonds is 3. The number of benzene rings is 2. The molecule has 0 unspecified atom stereocenters. The zero-order valence-electron chi connectivity index (χ0n) is 10.3. The summed E-state index contributed by atoms with van der Waals surface area (Å²) in [5.74, 6) is 0. The molecule has 0 heterocycles. The van der Waals surface area contributed by atoms with Crippen molar-refractivity contribution in [2.45, 2.75) is 4.90 Å². The predicted octanol–water partition coefficient (Wildman–Crippen LogP) is 4.32. The van der Waals surface area contributed by atoms with E-state index in [1.165, 1.54) is 36.4 Å². The first-order chi connectivity index (χ1) is 9.81. The van der Waals surface area contributed by atoms with Gasteiger partial charge in [0, 0.05) is 10.0 Å². The van der Waals surface area contributed by atoms with Crippen LogP contribution in [-0.4, -0.2) is 8.42 Å². The van der Waals surface area contributed by atoms with Crippen LogP contribution in [0.5, 0.6) is 0 Å². The summed E-state index contributed by atoms with van der Waals surface area (Å²) in [5.41, 5.74) is 0.384. The number of halogens is 3. The van der Waals surface area contributed by atoms with Crippen LogP contribution in [0.15, 0.2) is 41.3 Å². The smallest absolute Gasteiger partial charge is 0.263 e. The summed E-state index contributed by atoms with van der Waals surface area (Å²) in [6.07, 6.45) is 0. The van der Waals surface area contributed by atoms with Crippen LogP contribution < -0.4 is 4.72 Å².